The van der Waals surface area contributed by atoms with E-state index in [0.717, 1.165) is 17.9 Å². The Morgan fingerprint density at radius 1 is 1.35 bits per heavy atom. The summed E-state index contributed by atoms with van der Waals surface area (Å²) in [6, 6.07) is 0. The van der Waals surface area contributed by atoms with Crippen LogP contribution in [0.15, 0.2) is 0 Å². The Morgan fingerprint density at radius 3 is 2.70 bits per heavy atom. The molecule has 1 aromatic rings. The zero-order chi connectivity index (χ0) is 16.6. The number of rotatable bonds is 7. The summed E-state index contributed by atoms with van der Waals surface area (Å²) in [4.78, 5) is 0. The van der Waals surface area contributed by atoms with Crippen LogP contribution in [0.3, 0.4) is 0 Å². The van der Waals surface area contributed by atoms with Crippen molar-refractivity contribution >= 4 is 10.2 Å². The Kier molecular flexibility index (Phi) is 4.73. The molecule has 3 rings (SSSR count). The minimum Gasteiger partial charge on any atom is -0.381 e. The SMILES string of the molecule is CCOCC1CN(S(=O)(=O)N(C)C)Cc2nnn(CC3CC3)c21. The van der Waals surface area contributed by atoms with Gasteiger partial charge in [-0.15, -0.1) is 5.10 Å². The first-order chi connectivity index (χ1) is 10.9. The number of fused-ring (bicyclic) bond motifs is 1. The molecule has 1 aromatic heterocycles. The largest absolute Gasteiger partial charge is 0.381 e. The third-order valence-electron chi connectivity index (χ3n) is 4.42. The molecular formula is C14H25N5O3S. The second-order valence-corrected chi connectivity index (χ2v) is 8.63. The van der Waals surface area contributed by atoms with Gasteiger partial charge < -0.3 is 4.74 Å². The molecule has 2 aliphatic rings. The van der Waals surface area contributed by atoms with Gasteiger partial charge in [-0.2, -0.15) is 17.0 Å². The van der Waals surface area contributed by atoms with E-state index in [1.54, 1.807) is 14.1 Å². The zero-order valence-electron chi connectivity index (χ0n) is 14.0. The van der Waals surface area contributed by atoms with Gasteiger partial charge in [0.2, 0.25) is 0 Å². The number of hydrogen-bond donors (Lipinski definition) is 0. The molecular weight excluding hydrogens is 318 g/mol. The van der Waals surface area contributed by atoms with Crippen molar-refractivity contribution in [3.05, 3.63) is 11.4 Å². The second kappa shape index (κ2) is 6.46. The van der Waals surface area contributed by atoms with Gasteiger partial charge in [0.05, 0.1) is 18.8 Å². The van der Waals surface area contributed by atoms with Crippen molar-refractivity contribution in [1.82, 2.24) is 23.6 Å². The van der Waals surface area contributed by atoms with Crippen LogP contribution < -0.4 is 0 Å². The Balaban J connectivity index is 1.88. The first kappa shape index (κ1) is 16.8. The Hall–Kier alpha value is -1.03. The van der Waals surface area contributed by atoms with E-state index in [1.165, 1.54) is 21.5 Å². The molecule has 9 heteroatoms. The maximum Gasteiger partial charge on any atom is 0.281 e. The van der Waals surface area contributed by atoms with Gasteiger partial charge in [0.1, 0.15) is 5.69 Å². The normalized spacial score (nSPS) is 22.5. The molecule has 0 saturated heterocycles. The van der Waals surface area contributed by atoms with Crippen molar-refractivity contribution in [2.24, 2.45) is 5.92 Å². The Morgan fingerprint density at radius 2 is 2.09 bits per heavy atom. The Bertz CT molecular complexity index is 653. The summed E-state index contributed by atoms with van der Waals surface area (Å²) in [5.74, 6) is 0.666. The molecule has 130 valence electrons. The third-order valence-corrected chi connectivity index (χ3v) is 6.28. The first-order valence-corrected chi connectivity index (χ1v) is 9.50. The second-order valence-electron chi connectivity index (χ2n) is 6.49. The van der Waals surface area contributed by atoms with E-state index in [9.17, 15) is 8.42 Å². The summed E-state index contributed by atoms with van der Waals surface area (Å²) in [5, 5.41) is 8.53. The van der Waals surface area contributed by atoms with E-state index in [0.29, 0.717) is 25.7 Å². The van der Waals surface area contributed by atoms with Crippen molar-refractivity contribution in [3.63, 3.8) is 0 Å². The fourth-order valence-electron chi connectivity index (χ4n) is 2.96. The molecule has 0 aromatic carbocycles. The van der Waals surface area contributed by atoms with Crippen LogP contribution in [0, 0.1) is 5.92 Å². The van der Waals surface area contributed by atoms with E-state index in [1.807, 2.05) is 11.6 Å². The van der Waals surface area contributed by atoms with E-state index in [4.69, 9.17) is 4.74 Å². The molecule has 0 amide bonds. The van der Waals surface area contributed by atoms with E-state index in [-0.39, 0.29) is 12.5 Å². The van der Waals surface area contributed by atoms with Crippen LogP contribution in [0.2, 0.25) is 0 Å². The highest BCUT2D eigenvalue weighted by Gasteiger charge is 2.38. The molecule has 1 atom stereocenters. The molecule has 1 unspecified atom stereocenters. The topological polar surface area (TPSA) is 80.6 Å². The number of hydrogen-bond acceptors (Lipinski definition) is 5. The molecule has 1 aliphatic heterocycles. The van der Waals surface area contributed by atoms with Gasteiger partial charge in [-0.05, 0) is 25.7 Å². The highest BCUT2D eigenvalue weighted by atomic mass is 32.2. The first-order valence-electron chi connectivity index (χ1n) is 8.11. The summed E-state index contributed by atoms with van der Waals surface area (Å²) >= 11 is 0. The summed E-state index contributed by atoms with van der Waals surface area (Å²) in [7, 11) is -0.372. The van der Waals surface area contributed by atoms with Crippen molar-refractivity contribution in [3.8, 4) is 0 Å². The monoisotopic (exact) mass is 343 g/mol. The van der Waals surface area contributed by atoms with Crippen molar-refractivity contribution in [2.75, 3.05) is 33.9 Å². The van der Waals surface area contributed by atoms with Crippen molar-refractivity contribution < 1.29 is 13.2 Å². The highest BCUT2D eigenvalue weighted by Crippen LogP contribution is 2.34. The molecule has 8 nitrogen and oxygen atoms in total. The summed E-state index contributed by atoms with van der Waals surface area (Å²) in [6.07, 6.45) is 2.48. The lowest BCUT2D eigenvalue weighted by Crippen LogP contribution is -2.45. The predicted octanol–water partition coefficient (Wildman–Crippen LogP) is 0.430. The van der Waals surface area contributed by atoms with Gasteiger partial charge >= 0.3 is 0 Å². The molecule has 1 fully saturated rings. The number of aromatic nitrogens is 3. The molecule has 0 radical (unpaired) electrons. The van der Waals surface area contributed by atoms with Crippen LogP contribution in [0.25, 0.3) is 0 Å². The minimum absolute atomic E-state index is 0.0258. The lowest BCUT2D eigenvalue weighted by atomic mass is 10.0. The molecule has 1 saturated carbocycles. The standard InChI is InChI=1S/C14H25N5O3S/c1-4-22-10-12-8-18(23(20,21)17(2)3)9-13-14(12)19(16-15-13)7-11-5-6-11/h11-12H,4-10H2,1-3H3. The maximum atomic E-state index is 12.5. The van der Waals surface area contributed by atoms with Gasteiger partial charge in [-0.25, -0.2) is 4.68 Å². The quantitative estimate of drug-likeness (QED) is 0.717. The van der Waals surface area contributed by atoms with E-state index >= 15 is 0 Å². The van der Waals surface area contributed by atoms with Crippen LogP contribution in [0.4, 0.5) is 0 Å². The number of ether oxygens (including phenoxy) is 1. The molecule has 0 spiro atoms. The van der Waals surface area contributed by atoms with Gasteiger partial charge in [0, 0.05) is 39.7 Å². The fourth-order valence-corrected chi connectivity index (χ4v) is 4.07. The molecule has 2 heterocycles. The average Bonchev–Trinajstić information content (AvgIpc) is 3.23. The molecule has 23 heavy (non-hydrogen) atoms. The fraction of sp³-hybridized carbons (Fsp3) is 0.857. The smallest absolute Gasteiger partial charge is 0.281 e. The van der Waals surface area contributed by atoms with Crippen LogP contribution in [0.5, 0.6) is 0 Å². The van der Waals surface area contributed by atoms with Gasteiger partial charge in [-0.3, -0.25) is 0 Å². The summed E-state index contributed by atoms with van der Waals surface area (Å²) in [6.45, 7) is 4.61. The number of nitrogens with zero attached hydrogens (tertiary/aromatic N) is 5. The Labute approximate surface area is 137 Å². The maximum absolute atomic E-state index is 12.5. The predicted molar refractivity (Wildman–Crippen MR) is 85.0 cm³/mol. The molecule has 0 N–H and O–H groups in total. The minimum atomic E-state index is -3.47. The van der Waals surface area contributed by atoms with Gasteiger partial charge in [0.15, 0.2) is 0 Å². The van der Waals surface area contributed by atoms with Crippen LogP contribution >= 0.6 is 0 Å². The van der Waals surface area contributed by atoms with Crippen LogP contribution in [-0.2, 0) is 28.0 Å². The van der Waals surface area contributed by atoms with Gasteiger partial charge in [-0.1, -0.05) is 5.21 Å². The summed E-state index contributed by atoms with van der Waals surface area (Å²) in [5.41, 5.74) is 1.81. The van der Waals surface area contributed by atoms with Crippen LogP contribution in [-0.4, -0.2) is 65.9 Å². The lowest BCUT2D eigenvalue weighted by Gasteiger charge is -2.33. The third kappa shape index (κ3) is 3.42. The molecule has 1 aliphatic carbocycles. The van der Waals surface area contributed by atoms with Crippen molar-refractivity contribution in [2.45, 2.75) is 38.8 Å². The average molecular weight is 343 g/mol. The zero-order valence-corrected chi connectivity index (χ0v) is 14.8. The van der Waals surface area contributed by atoms with Gasteiger partial charge in [0.25, 0.3) is 10.2 Å². The lowest BCUT2D eigenvalue weighted by molar-refractivity contribution is 0.117. The van der Waals surface area contributed by atoms with E-state index < -0.39 is 10.2 Å². The van der Waals surface area contributed by atoms with Crippen LogP contribution in [0.1, 0.15) is 37.1 Å². The summed E-state index contributed by atoms with van der Waals surface area (Å²) < 4.78 is 35.2. The molecule has 0 bridgehead atoms. The van der Waals surface area contributed by atoms with Crippen molar-refractivity contribution in [1.29, 1.82) is 0 Å². The highest BCUT2D eigenvalue weighted by molar-refractivity contribution is 7.86. The van der Waals surface area contributed by atoms with E-state index in [2.05, 4.69) is 10.3 Å².